The third kappa shape index (κ3) is 3.11. The molecule has 0 N–H and O–H groups in total. The molecule has 0 aliphatic rings. The van der Waals surface area contributed by atoms with Gasteiger partial charge in [-0.1, -0.05) is 24.3 Å². The van der Waals surface area contributed by atoms with Crippen LogP contribution in [-0.2, 0) is 6.61 Å². The second-order valence-electron chi connectivity index (χ2n) is 4.56. The summed E-state index contributed by atoms with van der Waals surface area (Å²) in [4.78, 5) is 8.43. The lowest BCUT2D eigenvalue weighted by molar-refractivity contribution is 0.297. The van der Waals surface area contributed by atoms with Gasteiger partial charge in [0, 0.05) is 0 Å². The summed E-state index contributed by atoms with van der Waals surface area (Å²) >= 11 is 0. The van der Waals surface area contributed by atoms with Gasteiger partial charge in [-0.05, 0) is 36.8 Å². The third-order valence-electron chi connectivity index (χ3n) is 3.12. The molecular weight excluding hydrogens is 264 g/mol. The van der Waals surface area contributed by atoms with Gasteiger partial charge in [-0.25, -0.2) is 9.97 Å². The second-order valence-corrected chi connectivity index (χ2v) is 4.56. The maximum Gasteiger partial charge on any atom is 0.224 e. The van der Waals surface area contributed by atoms with Crippen LogP contribution in [-0.4, -0.2) is 16.6 Å². The molecule has 106 valence electrons. The Morgan fingerprint density at radius 2 is 1.71 bits per heavy atom. The van der Waals surface area contributed by atoms with Crippen molar-refractivity contribution in [2.24, 2.45) is 0 Å². The number of para-hydroxylation sites is 1. The molecule has 0 spiro atoms. The van der Waals surface area contributed by atoms with Gasteiger partial charge in [0.05, 0.1) is 17.5 Å². The fraction of sp³-hybridized carbons (Fsp3) is 0.176. The van der Waals surface area contributed by atoms with Crippen LogP contribution in [0.4, 0.5) is 0 Å². The third-order valence-corrected chi connectivity index (χ3v) is 3.12. The van der Waals surface area contributed by atoms with Crippen LogP contribution in [0, 0.1) is 0 Å². The van der Waals surface area contributed by atoms with Crippen molar-refractivity contribution < 1.29 is 9.47 Å². The zero-order chi connectivity index (χ0) is 14.5. The monoisotopic (exact) mass is 280 g/mol. The second kappa shape index (κ2) is 6.22. The van der Waals surface area contributed by atoms with Gasteiger partial charge >= 0.3 is 0 Å². The van der Waals surface area contributed by atoms with Gasteiger partial charge in [0.25, 0.3) is 0 Å². The Labute approximate surface area is 123 Å². The Morgan fingerprint density at radius 1 is 0.905 bits per heavy atom. The smallest absolute Gasteiger partial charge is 0.224 e. The standard InChI is InChI=1S/C17H16N2O2/c1-2-20-14-9-7-13(8-10-14)11-21-17-15-5-3-4-6-16(15)18-12-19-17/h3-10,12H,2,11H2,1H3. The van der Waals surface area contributed by atoms with E-state index < -0.39 is 0 Å². The van der Waals surface area contributed by atoms with Crippen LogP contribution >= 0.6 is 0 Å². The van der Waals surface area contributed by atoms with E-state index in [1.54, 1.807) is 0 Å². The maximum absolute atomic E-state index is 5.81. The Balaban J connectivity index is 1.74. The van der Waals surface area contributed by atoms with Gasteiger partial charge in [0.15, 0.2) is 0 Å². The van der Waals surface area contributed by atoms with Crippen molar-refractivity contribution in [3.8, 4) is 11.6 Å². The molecule has 1 aromatic heterocycles. The summed E-state index contributed by atoms with van der Waals surface area (Å²) in [7, 11) is 0. The number of rotatable bonds is 5. The SMILES string of the molecule is CCOc1ccc(COc2ncnc3ccccc23)cc1. The Bertz CT molecular complexity index is 721. The highest BCUT2D eigenvalue weighted by Gasteiger charge is 2.04. The quantitative estimate of drug-likeness (QED) is 0.716. The van der Waals surface area contributed by atoms with Crippen LogP contribution in [0.5, 0.6) is 11.6 Å². The first-order valence-electron chi connectivity index (χ1n) is 6.91. The Kier molecular flexibility index (Phi) is 3.96. The van der Waals surface area contributed by atoms with Crippen molar-refractivity contribution >= 4 is 10.9 Å². The first-order chi connectivity index (χ1) is 10.4. The molecule has 0 atom stereocenters. The molecule has 1 heterocycles. The Hall–Kier alpha value is -2.62. The molecule has 0 aliphatic heterocycles. The molecule has 0 fully saturated rings. The van der Waals surface area contributed by atoms with Gasteiger partial charge in [-0.3, -0.25) is 0 Å². The predicted molar refractivity (Wildman–Crippen MR) is 81.5 cm³/mol. The van der Waals surface area contributed by atoms with E-state index in [9.17, 15) is 0 Å². The minimum atomic E-state index is 0.466. The molecule has 4 heteroatoms. The van der Waals surface area contributed by atoms with Crippen molar-refractivity contribution in [3.63, 3.8) is 0 Å². The fourth-order valence-corrected chi connectivity index (χ4v) is 2.10. The lowest BCUT2D eigenvalue weighted by atomic mass is 10.2. The maximum atomic E-state index is 5.81. The van der Waals surface area contributed by atoms with Crippen LogP contribution in [0.25, 0.3) is 10.9 Å². The first-order valence-corrected chi connectivity index (χ1v) is 6.91. The zero-order valence-corrected chi connectivity index (χ0v) is 11.8. The van der Waals surface area contributed by atoms with E-state index in [1.165, 1.54) is 6.33 Å². The van der Waals surface area contributed by atoms with E-state index >= 15 is 0 Å². The van der Waals surface area contributed by atoms with E-state index in [0.29, 0.717) is 19.1 Å². The van der Waals surface area contributed by atoms with Crippen molar-refractivity contribution in [2.75, 3.05) is 6.61 Å². The number of benzene rings is 2. The van der Waals surface area contributed by atoms with Crippen LogP contribution < -0.4 is 9.47 Å². The molecule has 0 saturated carbocycles. The van der Waals surface area contributed by atoms with Gasteiger partial charge in [-0.15, -0.1) is 0 Å². The van der Waals surface area contributed by atoms with Gasteiger partial charge < -0.3 is 9.47 Å². The van der Waals surface area contributed by atoms with Gasteiger partial charge in [-0.2, -0.15) is 0 Å². The minimum absolute atomic E-state index is 0.466. The molecule has 4 nitrogen and oxygen atoms in total. The average Bonchev–Trinajstić information content (AvgIpc) is 2.54. The number of nitrogens with zero attached hydrogens (tertiary/aromatic N) is 2. The molecular formula is C17H16N2O2. The van der Waals surface area contributed by atoms with Crippen LogP contribution in [0.2, 0.25) is 0 Å². The molecule has 21 heavy (non-hydrogen) atoms. The molecule has 0 amide bonds. The van der Waals surface area contributed by atoms with Crippen molar-refractivity contribution in [1.82, 2.24) is 9.97 Å². The summed E-state index contributed by atoms with van der Waals surface area (Å²) in [6.07, 6.45) is 1.52. The van der Waals surface area contributed by atoms with E-state index in [2.05, 4.69) is 9.97 Å². The average molecular weight is 280 g/mol. The zero-order valence-electron chi connectivity index (χ0n) is 11.8. The molecule has 0 aliphatic carbocycles. The fourth-order valence-electron chi connectivity index (χ4n) is 2.10. The number of hydrogen-bond acceptors (Lipinski definition) is 4. The summed E-state index contributed by atoms with van der Waals surface area (Å²) in [5, 5.41) is 0.922. The minimum Gasteiger partial charge on any atom is -0.494 e. The van der Waals surface area contributed by atoms with Crippen molar-refractivity contribution in [3.05, 3.63) is 60.4 Å². The lowest BCUT2D eigenvalue weighted by Crippen LogP contribution is -1.99. The molecule has 3 aromatic rings. The first kappa shape index (κ1) is 13.4. The highest BCUT2D eigenvalue weighted by atomic mass is 16.5. The molecule has 0 unspecified atom stereocenters. The largest absolute Gasteiger partial charge is 0.494 e. The van der Waals surface area contributed by atoms with Crippen LogP contribution in [0.1, 0.15) is 12.5 Å². The van der Waals surface area contributed by atoms with Crippen molar-refractivity contribution in [1.29, 1.82) is 0 Å². The summed E-state index contributed by atoms with van der Waals surface area (Å²) < 4.78 is 11.2. The summed E-state index contributed by atoms with van der Waals surface area (Å²) in [5.74, 6) is 1.48. The molecule has 0 radical (unpaired) electrons. The number of fused-ring (bicyclic) bond motifs is 1. The predicted octanol–water partition coefficient (Wildman–Crippen LogP) is 3.61. The van der Waals surface area contributed by atoms with Gasteiger partial charge in [0.1, 0.15) is 18.7 Å². The molecule has 3 rings (SSSR count). The lowest BCUT2D eigenvalue weighted by Gasteiger charge is -2.08. The normalized spacial score (nSPS) is 10.5. The van der Waals surface area contributed by atoms with E-state index in [0.717, 1.165) is 22.2 Å². The summed E-state index contributed by atoms with van der Waals surface area (Å²) in [5.41, 5.74) is 1.95. The van der Waals surface area contributed by atoms with Crippen molar-refractivity contribution in [2.45, 2.75) is 13.5 Å². The molecule has 0 saturated heterocycles. The molecule has 2 aromatic carbocycles. The molecule has 0 bridgehead atoms. The van der Waals surface area contributed by atoms with Gasteiger partial charge in [0.2, 0.25) is 5.88 Å². The van der Waals surface area contributed by atoms with E-state index in [4.69, 9.17) is 9.47 Å². The highest BCUT2D eigenvalue weighted by molar-refractivity contribution is 5.82. The topological polar surface area (TPSA) is 44.2 Å². The highest BCUT2D eigenvalue weighted by Crippen LogP contribution is 2.22. The Morgan fingerprint density at radius 3 is 2.52 bits per heavy atom. The summed E-state index contributed by atoms with van der Waals surface area (Å²) in [6, 6.07) is 15.7. The van der Waals surface area contributed by atoms with Crippen LogP contribution in [0.15, 0.2) is 54.9 Å². The summed E-state index contributed by atoms with van der Waals surface area (Å²) in [6.45, 7) is 3.10. The number of hydrogen-bond donors (Lipinski definition) is 0. The number of aromatic nitrogens is 2. The number of ether oxygens (including phenoxy) is 2. The van der Waals surface area contributed by atoms with E-state index in [-0.39, 0.29) is 0 Å². The van der Waals surface area contributed by atoms with E-state index in [1.807, 2.05) is 55.5 Å². The van der Waals surface area contributed by atoms with Crippen LogP contribution in [0.3, 0.4) is 0 Å².